The highest BCUT2D eigenvalue weighted by atomic mass is 19.1. The molecule has 0 aliphatic carbocycles. The van der Waals surface area contributed by atoms with Crippen molar-refractivity contribution in [2.75, 3.05) is 33.4 Å². The van der Waals surface area contributed by atoms with Crippen molar-refractivity contribution < 1.29 is 9.50 Å². The zero-order valence-corrected chi connectivity index (χ0v) is 8.17. The molecule has 2 N–H and O–H groups in total. The molecule has 13 heavy (non-hydrogen) atoms. The molecule has 0 spiro atoms. The van der Waals surface area contributed by atoms with Gasteiger partial charge in [0.15, 0.2) is 0 Å². The number of hydrogen-bond donors (Lipinski definition) is 2. The van der Waals surface area contributed by atoms with Crippen molar-refractivity contribution in [2.45, 2.75) is 25.0 Å². The lowest BCUT2D eigenvalue weighted by Gasteiger charge is -2.32. The molecule has 3 nitrogen and oxygen atoms in total. The number of likely N-dealkylation sites (N-methyl/N-ethyl adjacent to an activating group) is 1. The first-order valence-corrected chi connectivity index (χ1v) is 4.89. The molecule has 1 aliphatic heterocycles. The lowest BCUT2D eigenvalue weighted by atomic mass is 10.1. The fraction of sp³-hybridized carbons (Fsp3) is 1.00. The molecule has 1 atom stereocenters. The molecule has 1 aliphatic rings. The van der Waals surface area contributed by atoms with E-state index in [2.05, 4.69) is 10.2 Å². The van der Waals surface area contributed by atoms with Crippen LogP contribution in [0.5, 0.6) is 0 Å². The summed E-state index contributed by atoms with van der Waals surface area (Å²) in [6, 6.07) is 0.502. The zero-order chi connectivity index (χ0) is 9.68. The van der Waals surface area contributed by atoms with Crippen molar-refractivity contribution in [2.24, 2.45) is 0 Å². The summed E-state index contributed by atoms with van der Waals surface area (Å²) in [5.41, 5.74) is 0. The van der Waals surface area contributed by atoms with Gasteiger partial charge in [0, 0.05) is 12.6 Å². The fourth-order valence-corrected chi connectivity index (χ4v) is 1.78. The third-order valence-corrected chi connectivity index (χ3v) is 2.61. The number of piperidine rings is 1. The molecule has 1 fully saturated rings. The molecule has 0 saturated carbocycles. The largest absolute Gasteiger partial charge is 0.389 e. The van der Waals surface area contributed by atoms with Crippen molar-refractivity contribution in [1.82, 2.24) is 10.2 Å². The highest BCUT2D eigenvalue weighted by Crippen LogP contribution is 2.09. The molecule has 0 amide bonds. The molecule has 0 bridgehead atoms. The van der Waals surface area contributed by atoms with E-state index in [0.29, 0.717) is 12.6 Å². The van der Waals surface area contributed by atoms with Gasteiger partial charge in [-0.05, 0) is 33.0 Å². The standard InChI is InChI=1S/C9H19FN2O/c1-12(7-9(13)6-10)8-2-4-11-5-3-8/h8-9,11,13H,2-7H2,1H3. The van der Waals surface area contributed by atoms with Gasteiger partial charge in [-0.2, -0.15) is 0 Å². The average Bonchev–Trinajstić information content (AvgIpc) is 2.19. The number of hydrogen-bond acceptors (Lipinski definition) is 3. The van der Waals surface area contributed by atoms with E-state index >= 15 is 0 Å². The minimum absolute atomic E-state index is 0.446. The maximum Gasteiger partial charge on any atom is 0.117 e. The lowest BCUT2D eigenvalue weighted by molar-refractivity contribution is 0.0754. The smallest absolute Gasteiger partial charge is 0.117 e. The minimum Gasteiger partial charge on any atom is -0.389 e. The van der Waals surface area contributed by atoms with E-state index in [9.17, 15) is 4.39 Å². The van der Waals surface area contributed by atoms with E-state index < -0.39 is 12.8 Å². The first-order valence-electron chi connectivity index (χ1n) is 4.89. The van der Waals surface area contributed by atoms with Gasteiger partial charge < -0.3 is 15.3 Å². The van der Waals surface area contributed by atoms with Crippen LogP contribution in [0.2, 0.25) is 0 Å². The second-order valence-electron chi connectivity index (χ2n) is 3.73. The Bertz CT molecular complexity index is 140. The van der Waals surface area contributed by atoms with Crippen molar-refractivity contribution in [1.29, 1.82) is 0 Å². The van der Waals surface area contributed by atoms with Crippen LogP contribution in [0.3, 0.4) is 0 Å². The number of halogens is 1. The monoisotopic (exact) mass is 190 g/mol. The summed E-state index contributed by atoms with van der Waals surface area (Å²) >= 11 is 0. The molecule has 1 saturated heterocycles. The van der Waals surface area contributed by atoms with Crippen LogP contribution in [0.25, 0.3) is 0 Å². The Labute approximate surface area is 78.9 Å². The lowest BCUT2D eigenvalue weighted by Crippen LogP contribution is -2.44. The van der Waals surface area contributed by atoms with E-state index in [1.807, 2.05) is 7.05 Å². The summed E-state index contributed by atoms with van der Waals surface area (Å²) in [4.78, 5) is 2.06. The Hall–Kier alpha value is -0.190. The first-order chi connectivity index (χ1) is 6.24. The van der Waals surface area contributed by atoms with Gasteiger partial charge in [-0.15, -0.1) is 0 Å². The van der Waals surface area contributed by atoms with E-state index in [1.165, 1.54) is 0 Å². The number of rotatable bonds is 4. The summed E-state index contributed by atoms with van der Waals surface area (Å²) < 4.78 is 12.0. The van der Waals surface area contributed by atoms with Crippen LogP contribution >= 0.6 is 0 Å². The number of alkyl halides is 1. The van der Waals surface area contributed by atoms with Crippen LogP contribution in [-0.4, -0.2) is 55.5 Å². The van der Waals surface area contributed by atoms with Crippen molar-refractivity contribution in [3.63, 3.8) is 0 Å². The zero-order valence-electron chi connectivity index (χ0n) is 8.17. The first kappa shape index (κ1) is 10.9. The average molecular weight is 190 g/mol. The van der Waals surface area contributed by atoms with Crippen molar-refractivity contribution in [3.8, 4) is 0 Å². The quantitative estimate of drug-likeness (QED) is 0.655. The Balaban J connectivity index is 2.24. The SMILES string of the molecule is CN(CC(O)CF)C1CCNCC1. The van der Waals surface area contributed by atoms with Crippen LogP contribution < -0.4 is 5.32 Å². The summed E-state index contributed by atoms with van der Waals surface area (Å²) in [6.07, 6.45) is 1.37. The van der Waals surface area contributed by atoms with Gasteiger partial charge in [0.25, 0.3) is 0 Å². The number of nitrogens with zero attached hydrogens (tertiary/aromatic N) is 1. The van der Waals surface area contributed by atoms with Gasteiger partial charge in [0.05, 0.1) is 6.10 Å². The molecular formula is C9H19FN2O. The maximum atomic E-state index is 12.0. The van der Waals surface area contributed by atoms with Crippen LogP contribution in [0.1, 0.15) is 12.8 Å². The fourth-order valence-electron chi connectivity index (χ4n) is 1.78. The molecule has 1 unspecified atom stereocenters. The van der Waals surface area contributed by atoms with Crippen LogP contribution in [0, 0.1) is 0 Å². The molecular weight excluding hydrogens is 171 g/mol. The summed E-state index contributed by atoms with van der Waals surface area (Å²) in [7, 11) is 1.95. The topological polar surface area (TPSA) is 35.5 Å². The second kappa shape index (κ2) is 5.52. The maximum absolute atomic E-state index is 12.0. The van der Waals surface area contributed by atoms with Crippen molar-refractivity contribution in [3.05, 3.63) is 0 Å². The van der Waals surface area contributed by atoms with E-state index in [4.69, 9.17) is 5.11 Å². The third kappa shape index (κ3) is 3.58. The van der Waals surface area contributed by atoms with Gasteiger partial charge in [-0.3, -0.25) is 0 Å². The van der Waals surface area contributed by atoms with E-state index in [1.54, 1.807) is 0 Å². The second-order valence-corrected chi connectivity index (χ2v) is 3.73. The normalized spacial score (nSPS) is 22.2. The number of aliphatic hydroxyl groups is 1. The molecule has 0 aromatic rings. The molecule has 0 aromatic carbocycles. The molecule has 0 aromatic heterocycles. The molecule has 78 valence electrons. The van der Waals surface area contributed by atoms with Crippen LogP contribution in [-0.2, 0) is 0 Å². The molecule has 1 rings (SSSR count). The predicted molar refractivity (Wildman–Crippen MR) is 50.5 cm³/mol. The van der Waals surface area contributed by atoms with Gasteiger partial charge in [0.2, 0.25) is 0 Å². The van der Waals surface area contributed by atoms with Crippen LogP contribution in [0.15, 0.2) is 0 Å². The Morgan fingerprint density at radius 1 is 1.54 bits per heavy atom. The third-order valence-electron chi connectivity index (χ3n) is 2.61. The number of aliphatic hydroxyl groups excluding tert-OH is 1. The number of nitrogens with one attached hydrogen (secondary N) is 1. The van der Waals surface area contributed by atoms with Gasteiger partial charge >= 0.3 is 0 Å². The van der Waals surface area contributed by atoms with Crippen LogP contribution in [0.4, 0.5) is 4.39 Å². The van der Waals surface area contributed by atoms with Gasteiger partial charge in [0.1, 0.15) is 6.67 Å². The minimum atomic E-state index is -0.820. The summed E-state index contributed by atoms with van der Waals surface area (Å²) in [6.45, 7) is 1.86. The predicted octanol–water partition coefficient (Wildman–Crippen LogP) is 0.000600. The highest BCUT2D eigenvalue weighted by Gasteiger charge is 2.19. The van der Waals surface area contributed by atoms with E-state index in [0.717, 1.165) is 25.9 Å². The van der Waals surface area contributed by atoms with Crippen molar-refractivity contribution >= 4 is 0 Å². The Morgan fingerprint density at radius 3 is 2.69 bits per heavy atom. The molecule has 1 heterocycles. The summed E-state index contributed by atoms with van der Waals surface area (Å²) in [5.74, 6) is 0. The Morgan fingerprint density at radius 2 is 2.15 bits per heavy atom. The van der Waals surface area contributed by atoms with E-state index in [-0.39, 0.29) is 0 Å². The highest BCUT2D eigenvalue weighted by molar-refractivity contribution is 4.76. The van der Waals surface area contributed by atoms with Gasteiger partial charge in [-0.25, -0.2) is 4.39 Å². The summed E-state index contributed by atoms with van der Waals surface area (Å²) in [5, 5.41) is 12.4. The van der Waals surface area contributed by atoms with Gasteiger partial charge in [-0.1, -0.05) is 0 Å². The molecule has 4 heteroatoms. The molecule has 0 radical (unpaired) electrons. The Kier molecular flexibility index (Phi) is 4.62.